The minimum absolute atomic E-state index is 0.0924. The normalized spacial score (nSPS) is 19.9. The molecule has 0 radical (unpaired) electrons. The average molecular weight is 427 g/mol. The van der Waals surface area contributed by atoms with Crippen molar-refractivity contribution in [2.45, 2.75) is 33.2 Å². The van der Waals surface area contributed by atoms with E-state index in [2.05, 4.69) is 4.99 Å². The third-order valence-corrected chi connectivity index (χ3v) is 5.75. The number of hydrogen-bond acceptors (Lipinski definition) is 5. The maximum absolute atomic E-state index is 12.9. The van der Waals surface area contributed by atoms with E-state index in [0.29, 0.717) is 44.2 Å². The molecule has 1 fully saturated rings. The number of hydrogen-bond donors (Lipinski definition) is 0. The van der Waals surface area contributed by atoms with Gasteiger partial charge in [0.2, 0.25) is 5.91 Å². The lowest BCUT2D eigenvalue weighted by Crippen LogP contribution is -2.46. The molecule has 0 saturated carbocycles. The van der Waals surface area contributed by atoms with E-state index in [9.17, 15) is 9.59 Å². The van der Waals surface area contributed by atoms with Crippen LogP contribution < -0.4 is 0 Å². The van der Waals surface area contributed by atoms with Crippen LogP contribution in [-0.4, -0.2) is 34.3 Å². The Balaban J connectivity index is 2.12. The third-order valence-electron chi connectivity index (χ3n) is 4.23. The summed E-state index contributed by atoms with van der Waals surface area (Å²) in [6.07, 6.45) is 0.374. The van der Waals surface area contributed by atoms with E-state index in [-0.39, 0.29) is 18.4 Å². The molecule has 1 atom stereocenters. The van der Waals surface area contributed by atoms with Crippen LogP contribution in [0.15, 0.2) is 34.5 Å². The fourth-order valence-electron chi connectivity index (χ4n) is 2.99. The van der Waals surface area contributed by atoms with Gasteiger partial charge >= 0.3 is 5.97 Å². The quantitative estimate of drug-likeness (QED) is 0.645. The largest absolute Gasteiger partial charge is 0.462 e. The molecule has 27 heavy (non-hydrogen) atoms. The summed E-state index contributed by atoms with van der Waals surface area (Å²) in [4.78, 5) is 31.7. The number of rotatable bonds is 4. The molecule has 3 rings (SSSR count). The van der Waals surface area contributed by atoms with Gasteiger partial charge in [0.1, 0.15) is 0 Å². The molecule has 0 spiro atoms. The Labute approximate surface area is 172 Å². The van der Waals surface area contributed by atoms with Gasteiger partial charge in [-0.2, -0.15) is 0 Å². The van der Waals surface area contributed by atoms with Crippen LogP contribution in [0.3, 0.4) is 0 Å². The summed E-state index contributed by atoms with van der Waals surface area (Å²) in [6.45, 7) is 5.97. The number of nitrogens with zero attached hydrogens (tertiary/aromatic N) is 2. The van der Waals surface area contributed by atoms with Crippen LogP contribution >= 0.6 is 35.0 Å². The first-order valence-corrected chi connectivity index (χ1v) is 10.4. The van der Waals surface area contributed by atoms with E-state index in [1.54, 1.807) is 30.0 Å². The van der Waals surface area contributed by atoms with E-state index in [1.807, 2.05) is 13.8 Å². The van der Waals surface area contributed by atoms with Gasteiger partial charge in [-0.25, -0.2) is 9.79 Å². The van der Waals surface area contributed by atoms with E-state index in [0.717, 1.165) is 0 Å². The molecule has 2 aliphatic rings. The number of amidine groups is 1. The highest BCUT2D eigenvalue weighted by Gasteiger charge is 2.42. The molecule has 1 aromatic carbocycles. The molecular weight excluding hydrogens is 407 g/mol. The molecule has 0 N–H and O–H groups in total. The Morgan fingerprint density at radius 3 is 2.81 bits per heavy atom. The number of carbonyl (C=O) groups excluding carboxylic acids is 2. The number of carbonyl (C=O) groups is 2. The van der Waals surface area contributed by atoms with Gasteiger partial charge in [-0.3, -0.25) is 9.69 Å². The Hall–Kier alpha value is -1.50. The molecule has 1 saturated heterocycles. The molecule has 0 aliphatic carbocycles. The number of aliphatic imine (C=N–C) groups is 1. The number of benzene rings is 1. The molecule has 144 valence electrons. The second kappa shape index (κ2) is 8.25. The lowest BCUT2D eigenvalue weighted by molar-refractivity contribution is -0.141. The third kappa shape index (κ3) is 4.18. The lowest BCUT2D eigenvalue weighted by Gasteiger charge is -2.39. The van der Waals surface area contributed by atoms with Crippen molar-refractivity contribution in [1.82, 2.24) is 4.90 Å². The van der Waals surface area contributed by atoms with Crippen molar-refractivity contribution in [3.63, 3.8) is 0 Å². The fourth-order valence-corrected chi connectivity index (χ4v) is 4.51. The number of halogens is 2. The number of thioether (sulfide) groups is 1. The van der Waals surface area contributed by atoms with E-state index in [1.165, 1.54) is 11.8 Å². The Morgan fingerprint density at radius 1 is 1.41 bits per heavy atom. The van der Waals surface area contributed by atoms with Gasteiger partial charge in [-0.15, -0.1) is 0 Å². The summed E-state index contributed by atoms with van der Waals surface area (Å²) in [7, 11) is 0. The fraction of sp³-hybridized carbons (Fsp3) is 0.421. The minimum Gasteiger partial charge on any atom is -0.462 e. The summed E-state index contributed by atoms with van der Waals surface area (Å²) in [6, 6.07) is 4.37. The minimum atomic E-state index is -0.678. The smallest absolute Gasteiger partial charge is 0.338 e. The van der Waals surface area contributed by atoms with Crippen LogP contribution in [-0.2, 0) is 14.3 Å². The van der Waals surface area contributed by atoms with Crippen molar-refractivity contribution in [3.05, 3.63) is 45.1 Å². The SMILES string of the molecule is CC1=C(C(=O)OCC(C)C)[C@H](c2ccc(Cl)cc2Cl)N2C(=O)CCSC2=N1. The lowest BCUT2D eigenvalue weighted by atomic mass is 9.94. The topological polar surface area (TPSA) is 59.0 Å². The highest BCUT2D eigenvalue weighted by molar-refractivity contribution is 8.14. The van der Waals surface area contributed by atoms with Gasteiger partial charge in [-0.1, -0.05) is 54.9 Å². The molecule has 1 amide bonds. The first kappa shape index (κ1) is 20.2. The monoisotopic (exact) mass is 426 g/mol. The molecule has 1 aromatic rings. The Morgan fingerprint density at radius 2 is 2.15 bits per heavy atom. The zero-order valence-electron chi connectivity index (χ0n) is 15.3. The maximum atomic E-state index is 12.9. The van der Waals surface area contributed by atoms with Crippen LogP contribution in [0.1, 0.15) is 38.8 Å². The van der Waals surface area contributed by atoms with Gasteiger partial charge in [-0.05, 0) is 30.5 Å². The highest BCUT2D eigenvalue weighted by Crippen LogP contribution is 2.42. The number of ether oxygens (including phenoxy) is 1. The molecule has 8 heteroatoms. The van der Waals surface area contributed by atoms with Gasteiger partial charge in [0.25, 0.3) is 0 Å². The zero-order chi connectivity index (χ0) is 19.7. The Bertz CT molecular complexity index is 851. The van der Waals surface area contributed by atoms with Crippen LogP contribution in [0, 0.1) is 5.92 Å². The first-order chi connectivity index (χ1) is 12.8. The van der Waals surface area contributed by atoms with Crippen molar-refractivity contribution in [3.8, 4) is 0 Å². The molecule has 0 bridgehead atoms. The van der Waals surface area contributed by atoms with Gasteiger partial charge in [0, 0.05) is 22.2 Å². The molecular formula is C19H20Cl2N2O3S. The summed E-state index contributed by atoms with van der Waals surface area (Å²) in [5, 5.41) is 1.46. The number of allylic oxidation sites excluding steroid dienone is 1. The molecule has 5 nitrogen and oxygen atoms in total. The molecule has 2 heterocycles. The predicted molar refractivity (Wildman–Crippen MR) is 109 cm³/mol. The molecule has 0 aromatic heterocycles. The second-order valence-corrected chi connectivity index (χ2v) is 8.72. The van der Waals surface area contributed by atoms with Gasteiger partial charge < -0.3 is 4.74 Å². The molecule has 2 aliphatic heterocycles. The average Bonchev–Trinajstić information content (AvgIpc) is 2.59. The Kier molecular flexibility index (Phi) is 6.18. The van der Waals surface area contributed by atoms with E-state index in [4.69, 9.17) is 27.9 Å². The number of esters is 1. The van der Waals surface area contributed by atoms with Crippen LogP contribution in [0.2, 0.25) is 10.0 Å². The van der Waals surface area contributed by atoms with Crippen molar-refractivity contribution >= 4 is 52.0 Å². The summed E-state index contributed by atoms with van der Waals surface area (Å²) >= 11 is 14.0. The number of amides is 1. The highest BCUT2D eigenvalue weighted by atomic mass is 35.5. The van der Waals surface area contributed by atoms with Crippen molar-refractivity contribution in [2.75, 3.05) is 12.4 Å². The summed E-state index contributed by atoms with van der Waals surface area (Å²) in [5.74, 6) is 0.283. The van der Waals surface area contributed by atoms with Crippen LogP contribution in [0.25, 0.3) is 0 Å². The predicted octanol–water partition coefficient (Wildman–Crippen LogP) is 4.84. The van der Waals surface area contributed by atoms with Crippen LogP contribution in [0.5, 0.6) is 0 Å². The first-order valence-electron chi connectivity index (χ1n) is 8.66. The maximum Gasteiger partial charge on any atom is 0.338 e. The van der Waals surface area contributed by atoms with E-state index < -0.39 is 12.0 Å². The van der Waals surface area contributed by atoms with Crippen LogP contribution in [0.4, 0.5) is 0 Å². The number of fused-ring (bicyclic) bond motifs is 1. The molecule has 0 unspecified atom stereocenters. The summed E-state index contributed by atoms with van der Waals surface area (Å²) in [5.41, 5.74) is 1.49. The second-order valence-electron chi connectivity index (χ2n) is 6.82. The zero-order valence-corrected chi connectivity index (χ0v) is 17.6. The summed E-state index contributed by atoms with van der Waals surface area (Å²) < 4.78 is 5.46. The standard InChI is InChI=1S/C19H20Cl2N2O3S/c1-10(2)9-26-18(25)16-11(3)22-19-23(15(24)6-7-27-19)17(16)13-5-4-12(20)8-14(13)21/h4-5,8,10,17H,6-7,9H2,1-3H3/t17-/m0/s1. The van der Waals surface area contributed by atoms with Gasteiger partial charge in [0.15, 0.2) is 5.17 Å². The van der Waals surface area contributed by atoms with Crippen molar-refractivity contribution in [2.24, 2.45) is 10.9 Å². The van der Waals surface area contributed by atoms with Crippen molar-refractivity contribution in [1.29, 1.82) is 0 Å². The van der Waals surface area contributed by atoms with Crippen molar-refractivity contribution < 1.29 is 14.3 Å². The van der Waals surface area contributed by atoms with Gasteiger partial charge in [0.05, 0.1) is 23.9 Å². The van der Waals surface area contributed by atoms with E-state index >= 15 is 0 Å².